The predicted molar refractivity (Wildman–Crippen MR) is 53.8 cm³/mol. The second-order valence-corrected chi connectivity index (χ2v) is 3.17. The maximum atomic E-state index is 13.2. The van der Waals surface area contributed by atoms with Gasteiger partial charge in [0.25, 0.3) is 0 Å². The van der Waals surface area contributed by atoms with Crippen LogP contribution in [0.15, 0.2) is 18.2 Å². The highest BCUT2D eigenvalue weighted by Crippen LogP contribution is 2.40. The molecule has 0 aliphatic carbocycles. The van der Waals surface area contributed by atoms with Crippen LogP contribution in [0.2, 0.25) is 0 Å². The fourth-order valence-corrected chi connectivity index (χ4v) is 1.33. The van der Waals surface area contributed by atoms with Gasteiger partial charge in [-0.2, -0.15) is 0 Å². The van der Waals surface area contributed by atoms with Crippen molar-refractivity contribution < 1.29 is 37.1 Å². The van der Waals surface area contributed by atoms with Crippen molar-refractivity contribution in [2.75, 3.05) is 7.18 Å². The second-order valence-electron chi connectivity index (χ2n) is 3.17. The van der Waals surface area contributed by atoms with E-state index in [0.717, 1.165) is 18.2 Å². The number of rotatable bonds is 1. The molecule has 0 aromatic heterocycles. The molecule has 18 heavy (non-hydrogen) atoms. The van der Waals surface area contributed by atoms with Crippen LogP contribution in [0.25, 0.3) is 0 Å². The molecule has 4 nitrogen and oxygen atoms in total. The molecule has 0 bridgehead atoms. The molecule has 0 fully saturated rings. The number of fused-ring (bicyclic) bond motifs is 1. The molecule has 9 heteroatoms. The highest BCUT2D eigenvalue weighted by Gasteiger charge is 2.44. The van der Waals surface area contributed by atoms with Crippen molar-refractivity contribution >= 4 is 12.6 Å². The van der Waals surface area contributed by atoms with E-state index in [-0.39, 0.29) is 11.0 Å². The van der Waals surface area contributed by atoms with Crippen molar-refractivity contribution in [2.45, 2.75) is 12.7 Å². The Labute approximate surface area is 99.9 Å². The van der Waals surface area contributed by atoms with E-state index in [1.54, 1.807) is 0 Å². The Hall–Kier alpha value is -1.32. The first kappa shape index (κ1) is 14.7. The third-order valence-corrected chi connectivity index (χ3v) is 2.05. The Kier molecular flexibility index (Phi) is 4.55. The summed E-state index contributed by atoms with van der Waals surface area (Å²) in [4.78, 5) is 0. The van der Waals surface area contributed by atoms with E-state index >= 15 is 0 Å². The fraction of sp³-hybridized carbons (Fsp3) is 0.333. The van der Waals surface area contributed by atoms with Gasteiger partial charge in [-0.25, -0.2) is 9.13 Å². The van der Waals surface area contributed by atoms with Crippen molar-refractivity contribution in [1.82, 2.24) is 0 Å². The third kappa shape index (κ3) is 3.12. The van der Waals surface area contributed by atoms with Gasteiger partial charge in [0.15, 0.2) is 0 Å². The van der Waals surface area contributed by atoms with Gasteiger partial charge in [0.2, 0.25) is 6.36 Å². The average Bonchev–Trinajstić information content (AvgIpc) is 2.29. The molecule has 0 amide bonds. The largest absolute Gasteiger partial charge is 0.538 e. The van der Waals surface area contributed by atoms with Crippen LogP contribution in [0.3, 0.4) is 0 Å². The summed E-state index contributed by atoms with van der Waals surface area (Å²) in [6.45, 7) is 0. The lowest BCUT2D eigenvalue weighted by molar-refractivity contribution is -0.398. The molecule has 2 N–H and O–H groups in total. The van der Waals surface area contributed by atoms with E-state index in [9.17, 15) is 17.6 Å². The third-order valence-electron chi connectivity index (χ3n) is 2.05. The second kappa shape index (κ2) is 5.55. The molecule has 1 aromatic rings. The summed E-state index contributed by atoms with van der Waals surface area (Å²) in [6.07, 6.45) is -6.40. The minimum atomic E-state index is -4.02. The lowest BCUT2D eigenvalue weighted by Gasteiger charge is -2.27. The number of ether oxygens (including phenoxy) is 2. The molecule has 0 saturated heterocycles. The summed E-state index contributed by atoms with van der Waals surface area (Å²) in [7, 11) is -1.32. The van der Waals surface area contributed by atoms with Crippen molar-refractivity contribution in [2.24, 2.45) is 0 Å². The molecule has 1 aromatic carbocycles. The van der Waals surface area contributed by atoms with Gasteiger partial charge in [-0.15, -0.1) is 8.78 Å². The summed E-state index contributed by atoms with van der Waals surface area (Å²) < 4.78 is 55.6. The highest BCUT2D eigenvalue weighted by atomic mass is 19.3. The van der Waals surface area contributed by atoms with Crippen LogP contribution in [-0.2, 0) is 4.74 Å². The molecular formula is C9H9BF4O4. The Balaban J connectivity index is 0.000000771. The first-order valence-corrected chi connectivity index (χ1v) is 4.65. The van der Waals surface area contributed by atoms with Crippen LogP contribution in [0.5, 0.6) is 5.75 Å². The number of hydrogen-bond donors (Lipinski definition) is 2. The van der Waals surface area contributed by atoms with Crippen molar-refractivity contribution in [3.8, 4) is 5.75 Å². The van der Waals surface area contributed by atoms with Gasteiger partial charge in [0.05, 0.1) is 12.7 Å². The molecule has 1 atom stereocenters. The SMILES string of the molecule is CF.OB(O)c1ccc2c(c1)C(F)OC(F)(F)O2. The Morgan fingerprint density at radius 2 is 1.89 bits per heavy atom. The molecule has 2 rings (SSSR count). The van der Waals surface area contributed by atoms with Gasteiger partial charge in [-0.05, 0) is 11.5 Å². The summed E-state index contributed by atoms with van der Waals surface area (Å²) in [5.41, 5.74) is -0.352. The normalized spacial score (nSPS) is 20.1. The van der Waals surface area contributed by atoms with Gasteiger partial charge >= 0.3 is 13.4 Å². The Bertz CT molecular complexity index is 416. The van der Waals surface area contributed by atoms with Crippen molar-refractivity contribution in [1.29, 1.82) is 0 Å². The topological polar surface area (TPSA) is 58.9 Å². The zero-order chi connectivity index (χ0) is 13.9. The molecule has 1 unspecified atom stereocenters. The lowest BCUT2D eigenvalue weighted by Crippen LogP contribution is -2.36. The zero-order valence-electron chi connectivity index (χ0n) is 9.11. The standard InChI is InChI=1S/C8H6BF3O4.CH3F/c10-7-5-3-4(9(13)14)1-2-6(5)15-8(11,12)16-7;1-2/h1-3,7,13-14H;1H3. The summed E-state index contributed by atoms with van der Waals surface area (Å²) in [6, 6.07) is 3.14. The monoisotopic (exact) mass is 268 g/mol. The van der Waals surface area contributed by atoms with Crippen LogP contribution < -0.4 is 10.2 Å². The van der Waals surface area contributed by atoms with Crippen LogP contribution in [0.4, 0.5) is 17.6 Å². The van der Waals surface area contributed by atoms with Crippen molar-refractivity contribution in [3.05, 3.63) is 23.8 Å². The van der Waals surface area contributed by atoms with Gasteiger partial charge in [-0.3, -0.25) is 4.39 Å². The zero-order valence-corrected chi connectivity index (χ0v) is 9.11. The molecule has 0 spiro atoms. The molecule has 1 aliphatic heterocycles. The van der Waals surface area contributed by atoms with Crippen LogP contribution in [-0.4, -0.2) is 30.6 Å². The smallest absolute Gasteiger partial charge is 0.423 e. The summed E-state index contributed by atoms with van der Waals surface area (Å²) in [5, 5.41) is 17.6. The average molecular weight is 268 g/mol. The van der Waals surface area contributed by atoms with E-state index in [1.165, 1.54) is 0 Å². The quantitative estimate of drug-likeness (QED) is 0.586. The maximum absolute atomic E-state index is 13.2. The number of benzene rings is 1. The van der Waals surface area contributed by atoms with Crippen molar-refractivity contribution in [3.63, 3.8) is 0 Å². The molecular weight excluding hydrogens is 259 g/mol. The molecule has 0 saturated carbocycles. The number of hydrogen-bond acceptors (Lipinski definition) is 4. The van der Waals surface area contributed by atoms with Gasteiger partial charge in [0.1, 0.15) is 5.75 Å². The molecule has 1 heterocycles. The van der Waals surface area contributed by atoms with Crippen LogP contribution in [0, 0.1) is 0 Å². The van der Waals surface area contributed by atoms with Gasteiger partial charge < -0.3 is 14.8 Å². The lowest BCUT2D eigenvalue weighted by atomic mass is 9.79. The summed E-state index contributed by atoms with van der Waals surface area (Å²) in [5.74, 6) is -0.395. The van der Waals surface area contributed by atoms with Gasteiger partial charge in [0, 0.05) is 0 Å². The van der Waals surface area contributed by atoms with E-state index in [1.807, 2.05) is 0 Å². The maximum Gasteiger partial charge on any atom is 0.538 e. The molecule has 100 valence electrons. The van der Waals surface area contributed by atoms with Crippen LogP contribution in [0.1, 0.15) is 11.9 Å². The van der Waals surface area contributed by atoms with Gasteiger partial charge in [-0.1, -0.05) is 12.1 Å². The minimum absolute atomic E-state index is 0.0428. The Morgan fingerprint density at radius 1 is 1.28 bits per heavy atom. The molecule has 0 radical (unpaired) electrons. The first-order chi connectivity index (χ1) is 8.39. The number of halogens is 4. The summed E-state index contributed by atoms with van der Waals surface area (Å²) >= 11 is 0. The minimum Gasteiger partial charge on any atom is -0.423 e. The highest BCUT2D eigenvalue weighted by molar-refractivity contribution is 6.58. The van der Waals surface area contributed by atoms with E-state index < -0.39 is 25.5 Å². The first-order valence-electron chi connectivity index (χ1n) is 4.65. The van der Waals surface area contributed by atoms with E-state index in [2.05, 4.69) is 9.47 Å². The predicted octanol–water partition coefficient (Wildman–Crippen LogP) is 0.879. The fourth-order valence-electron chi connectivity index (χ4n) is 1.33. The number of alkyl halides is 4. The van der Waals surface area contributed by atoms with E-state index in [4.69, 9.17) is 10.0 Å². The Morgan fingerprint density at radius 3 is 2.44 bits per heavy atom. The van der Waals surface area contributed by atoms with E-state index in [0.29, 0.717) is 7.18 Å². The molecule has 1 aliphatic rings. The van der Waals surface area contributed by atoms with Crippen LogP contribution >= 0.6 is 0 Å².